The largest absolute Gasteiger partial charge is 0.454 e. The number of pyridine rings is 1. The van der Waals surface area contributed by atoms with Crippen LogP contribution < -0.4 is 14.8 Å². The number of nitrogens with zero attached hydrogens (tertiary/aromatic N) is 3. The maximum absolute atomic E-state index is 13.3. The molecule has 0 saturated carbocycles. The minimum atomic E-state index is -4.67. The molecule has 4 rings (SSSR count). The molecule has 0 fully saturated rings. The van der Waals surface area contributed by atoms with Crippen LogP contribution in [0.4, 0.5) is 13.2 Å². The monoisotopic (exact) mass is 434 g/mol. The molecule has 0 saturated heterocycles. The van der Waals surface area contributed by atoms with Gasteiger partial charge in [0.15, 0.2) is 17.5 Å². The summed E-state index contributed by atoms with van der Waals surface area (Å²) in [6.07, 6.45) is -3.34. The summed E-state index contributed by atoms with van der Waals surface area (Å²) < 4.78 is 56.0. The zero-order valence-electron chi connectivity index (χ0n) is 16.1. The van der Waals surface area contributed by atoms with E-state index in [-0.39, 0.29) is 31.2 Å². The van der Waals surface area contributed by atoms with Crippen molar-refractivity contribution in [3.8, 4) is 11.5 Å². The Morgan fingerprint density at radius 1 is 1.10 bits per heavy atom. The van der Waals surface area contributed by atoms with Gasteiger partial charge in [-0.05, 0) is 29.8 Å². The van der Waals surface area contributed by atoms with Crippen LogP contribution in [0, 0.1) is 0 Å². The molecule has 3 aromatic rings. The van der Waals surface area contributed by atoms with Gasteiger partial charge in [-0.25, -0.2) is 0 Å². The van der Waals surface area contributed by atoms with E-state index in [2.05, 4.69) is 15.2 Å². The Balaban J connectivity index is 1.33. The van der Waals surface area contributed by atoms with Gasteiger partial charge in [-0.2, -0.15) is 13.2 Å². The lowest BCUT2D eigenvalue weighted by atomic mass is 10.1. The fourth-order valence-electron chi connectivity index (χ4n) is 3.01. The molecule has 1 aliphatic rings. The highest BCUT2D eigenvalue weighted by atomic mass is 19.4. The number of ether oxygens (including phenoxy) is 2. The molecule has 1 aliphatic heterocycles. The van der Waals surface area contributed by atoms with E-state index in [9.17, 15) is 18.0 Å². The van der Waals surface area contributed by atoms with Crippen LogP contribution in [-0.4, -0.2) is 34.1 Å². The second-order valence-corrected chi connectivity index (χ2v) is 6.75. The molecule has 11 heteroatoms. The highest BCUT2D eigenvalue weighted by Crippen LogP contribution is 2.33. The first-order valence-corrected chi connectivity index (χ1v) is 9.35. The predicted molar refractivity (Wildman–Crippen MR) is 99.2 cm³/mol. The second kappa shape index (κ2) is 8.62. The number of hydrogen-bond acceptors (Lipinski definition) is 7. The van der Waals surface area contributed by atoms with E-state index in [0.717, 1.165) is 5.56 Å². The van der Waals surface area contributed by atoms with Crippen LogP contribution in [0.15, 0.2) is 47.0 Å². The normalized spacial score (nSPS) is 13.8. The maximum Gasteiger partial charge on any atom is 0.414 e. The highest BCUT2D eigenvalue weighted by molar-refractivity contribution is 5.76. The van der Waals surface area contributed by atoms with Crippen molar-refractivity contribution in [2.24, 2.45) is 0 Å². The molecule has 0 aliphatic carbocycles. The molecule has 1 N–H and O–H groups in total. The second-order valence-electron chi connectivity index (χ2n) is 6.75. The van der Waals surface area contributed by atoms with Crippen molar-refractivity contribution in [3.05, 3.63) is 65.6 Å². The molecule has 1 aromatic carbocycles. The summed E-state index contributed by atoms with van der Waals surface area (Å²) in [6, 6.07) is 7.35. The van der Waals surface area contributed by atoms with Crippen molar-refractivity contribution in [1.29, 1.82) is 0 Å². The molecule has 8 nitrogen and oxygen atoms in total. The fourth-order valence-corrected chi connectivity index (χ4v) is 3.01. The number of rotatable bonds is 7. The SMILES string of the molecule is O=C(CCc1nnc(Cc2ccc3c(c2)OCO3)o1)N[C@H](c1ccccn1)C(F)(F)F. The quantitative estimate of drug-likeness (QED) is 0.610. The Hall–Kier alpha value is -3.63. The van der Waals surface area contributed by atoms with Gasteiger partial charge < -0.3 is 19.2 Å². The molecule has 0 radical (unpaired) electrons. The summed E-state index contributed by atoms with van der Waals surface area (Å²) in [5.41, 5.74) is 0.577. The number of hydrogen-bond donors (Lipinski definition) is 1. The van der Waals surface area contributed by atoms with Gasteiger partial charge in [0, 0.05) is 19.0 Å². The Labute approximate surface area is 174 Å². The Kier molecular flexibility index (Phi) is 5.74. The van der Waals surface area contributed by atoms with E-state index < -0.39 is 18.1 Å². The lowest BCUT2D eigenvalue weighted by Gasteiger charge is -2.20. The molecule has 3 heterocycles. The zero-order valence-corrected chi connectivity index (χ0v) is 16.1. The van der Waals surface area contributed by atoms with E-state index in [1.807, 2.05) is 11.4 Å². The van der Waals surface area contributed by atoms with E-state index in [1.165, 1.54) is 24.4 Å². The number of fused-ring (bicyclic) bond motifs is 1. The van der Waals surface area contributed by atoms with Crippen LogP contribution in [0.1, 0.15) is 35.5 Å². The van der Waals surface area contributed by atoms with E-state index in [4.69, 9.17) is 13.9 Å². The molecule has 0 unspecified atom stereocenters. The average molecular weight is 434 g/mol. The van der Waals surface area contributed by atoms with Gasteiger partial charge in [-0.1, -0.05) is 12.1 Å². The van der Waals surface area contributed by atoms with Gasteiger partial charge in [0.05, 0.1) is 12.1 Å². The third-order valence-corrected chi connectivity index (χ3v) is 4.48. The fraction of sp³-hybridized carbons (Fsp3) is 0.300. The minimum Gasteiger partial charge on any atom is -0.454 e. The summed E-state index contributed by atoms with van der Waals surface area (Å²) in [7, 11) is 0. The van der Waals surface area contributed by atoms with E-state index in [0.29, 0.717) is 23.8 Å². The number of benzene rings is 1. The van der Waals surface area contributed by atoms with Gasteiger partial charge in [0.1, 0.15) is 0 Å². The van der Waals surface area contributed by atoms with Crippen LogP contribution in [0.5, 0.6) is 11.5 Å². The van der Waals surface area contributed by atoms with Crippen molar-refractivity contribution in [1.82, 2.24) is 20.5 Å². The predicted octanol–water partition coefficient (Wildman–Crippen LogP) is 3.14. The molecule has 0 bridgehead atoms. The summed E-state index contributed by atoms with van der Waals surface area (Å²) in [4.78, 5) is 15.8. The molecule has 162 valence electrons. The number of nitrogens with one attached hydrogen (secondary N) is 1. The molecule has 31 heavy (non-hydrogen) atoms. The lowest BCUT2D eigenvalue weighted by molar-refractivity contribution is -0.164. The maximum atomic E-state index is 13.3. The van der Waals surface area contributed by atoms with Gasteiger partial charge >= 0.3 is 6.18 Å². The van der Waals surface area contributed by atoms with E-state index >= 15 is 0 Å². The molecule has 2 aromatic heterocycles. The first kappa shape index (κ1) is 20.6. The standard InChI is InChI=1S/C20H17F3N4O4/c21-20(22,23)19(13-3-1-2-8-24-13)25-16(28)6-7-17-26-27-18(31-17)10-12-4-5-14-15(9-12)30-11-29-14/h1-5,8-9,19H,6-7,10-11H2,(H,25,28)/t19-/m1/s1. The van der Waals surface area contributed by atoms with Crippen molar-refractivity contribution in [3.63, 3.8) is 0 Å². The van der Waals surface area contributed by atoms with Crippen LogP contribution in [0.3, 0.4) is 0 Å². The van der Waals surface area contributed by atoms with Crippen LogP contribution >= 0.6 is 0 Å². The van der Waals surface area contributed by atoms with E-state index in [1.54, 1.807) is 12.1 Å². The number of carbonyl (C=O) groups excluding carboxylic acids is 1. The van der Waals surface area contributed by atoms with Crippen molar-refractivity contribution in [2.75, 3.05) is 6.79 Å². The smallest absolute Gasteiger partial charge is 0.414 e. The summed E-state index contributed by atoms with van der Waals surface area (Å²) in [6.45, 7) is 0.168. The topological polar surface area (TPSA) is 99.4 Å². The van der Waals surface area contributed by atoms with Crippen molar-refractivity contribution < 1.29 is 31.9 Å². The molecule has 0 spiro atoms. The Morgan fingerprint density at radius 3 is 2.68 bits per heavy atom. The van der Waals surface area contributed by atoms with Crippen LogP contribution in [-0.2, 0) is 17.6 Å². The number of aromatic nitrogens is 3. The number of alkyl halides is 3. The minimum absolute atomic E-state index is 0.00671. The third-order valence-electron chi connectivity index (χ3n) is 4.48. The lowest BCUT2D eigenvalue weighted by Crippen LogP contribution is -2.38. The third kappa shape index (κ3) is 5.11. The van der Waals surface area contributed by atoms with Crippen molar-refractivity contribution >= 4 is 5.91 Å². The Bertz CT molecular complexity index is 1060. The highest BCUT2D eigenvalue weighted by Gasteiger charge is 2.42. The van der Waals surface area contributed by atoms with Gasteiger partial charge in [0.25, 0.3) is 0 Å². The van der Waals surface area contributed by atoms with Gasteiger partial charge in [0.2, 0.25) is 24.5 Å². The number of amides is 1. The number of halogens is 3. The van der Waals surface area contributed by atoms with Crippen LogP contribution in [0.25, 0.3) is 0 Å². The summed E-state index contributed by atoms with van der Waals surface area (Å²) >= 11 is 0. The average Bonchev–Trinajstić information content (AvgIpc) is 3.39. The molecular weight excluding hydrogens is 417 g/mol. The zero-order chi connectivity index (χ0) is 21.8. The first-order valence-electron chi connectivity index (χ1n) is 9.35. The molecular formula is C20H17F3N4O4. The van der Waals surface area contributed by atoms with Gasteiger partial charge in [-0.15, -0.1) is 10.2 Å². The number of carbonyl (C=O) groups is 1. The van der Waals surface area contributed by atoms with Crippen LogP contribution in [0.2, 0.25) is 0 Å². The molecule has 1 amide bonds. The summed E-state index contributed by atoms with van der Waals surface area (Å²) in [5.74, 6) is 0.955. The Morgan fingerprint density at radius 2 is 1.90 bits per heavy atom. The molecule has 1 atom stereocenters. The summed E-state index contributed by atoms with van der Waals surface area (Å²) in [5, 5.41) is 9.75. The number of aryl methyl sites for hydroxylation is 1. The van der Waals surface area contributed by atoms with Gasteiger partial charge in [-0.3, -0.25) is 9.78 Å². The van der Waals surface area contributed by atoms with Crippen molar-refractivity contribution in [2.45, 2.75) is 31.5 Å². The first-order chi connectivity index (χ1) is 14.9.